The van der Waals surface area contributed by atoms with Gasteiger partial charge in [0.05, 0.1) is 6.61 Å². The average molecular weight is 361 g/mol. The highest BCUT2D eigenvalue weighted by molar-refractivity contribution is 14.1. The molecule has 0 aliphatic carbocycles. The Balaban J connectivity index is 2.53. The van der Waals surface area contributed by atoms with Crippen molar-refractivity contribution >= 4 is 22.6 Å². The highest BCUT2D eigenvalue weighted by Crippen LogP contribution is 2.14. The van der Waals surface area contributed by atoms with Crippen LogP contribution in [0.5, 0.6) is 0 Å². The fourth-order valence-electron chi connectivity index (χ4n) is 1.16. The van der Waals surface area contributed by atoms with Crippen LogP contribution in [0.15, 0.2) is 17.1 Å². The highest BCUT2D eigenvalue weighted by atomic mass is 127. The summed E-state index contributed by atoms with van der Waals surface area (Å²) >= 11 is 2.06. The predicted octanol–water partition coefficient (Wildman–Crippen LogP) is 2.34. The molecule has 0 saturated carbocycles. The SMILES string of the molecule is Cc1cc(=O)n(CCOCC(F)(F)F)cc1I. The average Bonchev–Trinajstić information content (AvgIpc) is 2.18. The van der Waals surface area contributed by atoms with Crippen LogP contribution in [-0.2, 0) is 11.3 Å². The lowest BCUT2D eigenvalue weighted by Crippen LogP contribution is -2.24. The summed E-state index contributed by atoms with van der Waals surface area (Å²) in [5.41, 5.74) is 0.613. The molecule has 0 N–H and O–H groups in total. The van der Waals surface area contributed by atoms with Gasteiger partial charge in [-0.2, -0.15) is 13.2 Å². The number of nitrogens with zero attached hydrogens (tertiary/aromatic N) is 1. The second-order valence-electron chi connectivity index (χ2n) is 3.50. The smallest absolute Gasteiger partial charge is 0.370 e. The Morgan fingerprint density at radius 1 is 1.47 bits per heavy atom. The molecule has 7 heteroatoms. The van der Waals surface area contributed by atoms with E-state index >= 15 is 0 Å². The minimum absolute atomic E-state index is 0.116. The molecule has 17 heavy (non-hydrogen) atoms. The fourth-order valence-corrected chi connectivity index (χ4v) is 1.66. The lowest BCUT2D eigenvalue weighted by atomic mass is 10.3. The summed E-state index contributed by atoms with van der Waals surface area (Å²) < 4.78 is 42.0. The third-order valence-corrected chi connectivity index (χ3v) is 3.14. The summed E-state index contributed by atoms with van der Waals surface area (Å²) in [6, 6.07) is 1.45. The Morgan fingerprint density at radius 3 is 2.71 bits per heavy atom. The Kier molecular flexibility index (Phi) is 4.99. The summed E-state index contributed by atoms with van der Waals surface area (Å²) in [5.74, 6) is 0. The predicted molar refractivity (Wildman–Crippen MR) is 65.0 cm³/mol. The number of pyridine rings is 1. The number of aromatic nitrogens is 1. The van der Waals surface area contributed by atoms with E-state index in [1.165, 1.54) is 10.6 Å². The normalized spacial score (nSPS) is 11.8. The molecule has 1 heterocycles. The van der Waals surface area contributed by atoms with Crippen LogP contribution >= 0.6 is 22.6 Å². The van der Waals surface area contributed by atoms with Crippen LogP contribution in [0.3, 0.4) is 0 Å². The summed E-state index contributed by atoms with van der Waals surface area (Å²) in [5, 5.41) is 0. The standard InChI is InChI=1S/C10H11F3INO2/c1-7-4-9(16)15(5-8(7)14)2-3-17-6-10(11,12)13/h4-5H,2-3,6H2,1H3. The zero-order valence-corrected chi connectivity index (χ0v) is 11.2. The first kappa shape index (κ1) is 14.5. The van der Waals surface area contributed by atoms with E-state index in [4.69, 9.17) is 0 Å². The number of ether oxygens (including phenoxy) is 1. The van der Waals surface area contributed by atoms with Crippen LogP contribution in [-0.4, -0.2) is 24.0 Å². The van der Waals surface area contributed by atoms with Crippen molar-refractivity contribution in [3.05, 3.63) is 31.8 Å². The van der Waals surface area contributed by atoms with E-state index in [0.29, 0.717) is 0 Å². The third kappa shape index (κ3) is 5.07. The van der Waals surface area contributed by atoms with Crippen molar-refractivity contribution in [2.75, 3.05) is 13.2 Å². The number of halogens is 4. The monoisotopic (exact) mass is 361 g/mol. The molecule has 0 saturated heterocycles. The van der Waals surface area contributed by atoms with Gasteiger partial charge in [0.15, 0.2) is 0 Å². The van der Waals surface area contributed by atoms with E-state index in [-0.39, 0.29) is 18.7 Å². The first-order chi connectivity index (χ1) is 7.79. The molecule has 0 unspecified atom stereocenters. The van der Waals surface area contributed by atoms with Crippen LogP contribution in [0.2, 0.25) is 0 Å². The molecular formula is C10H11F3INO2. The largest absolute Gasteiger partial charge is 0.411 e. The molecule has 1 aromatic heterocycles. The first-order valence-corrected chi connectivity index (χ1v) is 5.88. The van der Waals surface area contributed by atoms with Crippen molar-refractivity contribution in [2.45, 2.75) is 19.6 Å². The molecule has 96 valence electrons. The maximum atomic E-state index is 11.8. The van der Waals surface area contributed by atoms with Gasteiger partial charge in [-0.15, -0.1) is 0 Å². The van der Waals surface area contributed by atoms with Gasteiger partial charge in [-0.3, -0.25) is 4.79 Å². The molecule has 1 rings (SSSR count). The van der Waals surface area contributed by atoms with E-state index in [1.54, 1.807) is 13.1 Å². The first-order valence-electron chi connectivity index (χ1n) is 4.81. The quantitative estimate of drug-likeness (QED) is 0.609. The molecule has 0 radical (unpaired) electrons. The van der Waals surface area contributed by atoms with Gasteiger partial charge in [0.2, 0.25) is 0 Å². The van der Waals surface area contributed by atoms with E-state index in [1.807, 2.05) is 0 Å². The Morgan fingerprint density at radius 2 is 2.12 bits per heavy atom. The molecule has 0 fully saturated rings. The second-order valence-corrected chi connectivity index (χ2v) is 4.67. The van der Waals surface area contributed by atoms with Crippen molar-refractivity contribution in [1.29, 1.82) is 0 Å². The number of hydrogen-bond acceptors (Lipinski definition) is 2. The van der Waals surface area contributed by atoms with Crippen LogP contribution in [0.1, 0.15) is 5.56 Å². The van der Waals surface area contributed by atoms with E-state index in [0.717, 1.165) is 9.13 Å². The molecular weight excluding hydrogens is 350 g/mol. The second kappa shape index (κ2) is 5.85. The topological polar surface area (TPSA) is 31.2 Å². The van der Waals surface area contributed by atoms with Crippen molar-refractivity contribution in [1.82, 2.24) is 4.57 Å². The van der Waals surface area contributed by atoms with Crippen molar-refractivity contribution in [2.24, 2.45) is 0 Å². The number of rotatable bonds is 4. The summed E-state index contributed by atoms with van der Waals surface area (Å²) in [7, 11) is 0. The van der Waals surface area contributed by atoms with Crippen LogP contribution in [0.4, 0.5) is 13.2 Å². The van der Waals surface area contributed by atoms with E-state index < -0.39 is 12.8 Å². The summed E-state index contributed by atoms with van der Waals surface area (Å²) in [4.78, 5) is 11.5. The maximum absolute atomic E-state index is 11.8. The molecule has 1 aromatic rings. The van der Waals surface area contributed by atoms with Crippen molar-refractivity contribution < 1.29 is 17.9 Å². The van der Waals surface area contributed by atoms with Gasteiger partial charge in [0, 0.05) is 22.4 Å². The minimum atomic E-state index is -4.33. The molecule has 3 nitrogen and oxygen atoms in total. The highest BCUT2D eigenvalue weighted by Gasteiger charge is 2.27. The van der Waals surface area contributed by atoms with E-state index in [9.17, 15) is 18.0 Å². The number of alkyl halides is 3. The van der Waals surface area contributed by atoms with Gasteiger partial charge in [0.1, 0.15) is 6.61 Å². The van der Waals surface area contributed by atoms with Gasteiger partial charge in [0.25, 0.3) is 5.56 Å². The van der Waals surface area contributed by atoms with Crippen molar-refractivity contribution in [3.63, 3.8) is 0 Å². The van der Waals surface area contributed by atoms with Gasteiger partial charge in [-0.25, -0.2) is 0 Å². The molecule has 0 atom stereocenters. The van der Waals surface area contributed by atoms with Gasteiger partial charge >= 0.3 is 6.18 Å². The molecule has 0 aliphatic heterocycles. The van der Waals surface area contributed by atoms with E-state index in [2.05, 4.69) is 27.3 Å². The lowest BCUT2D eigenvalue weighted by Gasteiger charge is -2.10. The minimum Gasteiger partial charge on any atom is -0.370 e. The number of hydrogen-bond donors (Lipinski definition) is 0. The Labute approximate surface area is 110 Å². The molecule has 0 bridgehead atoms. The third-order valence-electron chi connectivity index (χ3n) is 2.01. The zero-order chi connectivity index (χ0) is 13.1. The lowest BCUT2D eigenvalue weighted by molar-refractivity contribution is -0.174. The Hall–Kier alpha value is -0.570. The van der Waals surface area contributed by atoms with Gasteiger partial charge < -0.3 is 9.30 Å². The van der Waals surface area contributed by atoms with Gasteiger partial charge in [-0.05, 0) is 35.1 Å². The molecule has 0 spiro atoms. The molecule has 0 aliphatic rings. The van der Waals surface area contributed by atoms with Crippen molar-refractivity contribution in [3.8, 4) is 0 Å². The summed E-state index contributed by atoms with van der Waals surface area (Å²) in [6.45, 7) is 0.488. The zero-order valence-electron chi connectivity index (χ0n) is 9.05. The Bertz CT molecular complexity index is 442. The summed E-state index contributed by atoms with van der Waals surface area (Å²) in [6.07, 6.45) is -2.72. The fraction of sp³-hybridized carbons (Fsp3) is 0.500. The molecule has 0 amide bonds. The van der Waals surface area contributed by atoms with Crippen LogP contribution < -0.4 is 5.56 Å². The van der Waals surface area contributed by atoms with Crippen LogP contribution in [0, 0.1) is 10.5 Å². The number of aryl methyl sites for hydroxylation is 1. The van der Waals surface area contributed by atoms with Gasteiger partial charge in [-0.1, -0.05) is 0 Å². The molecule has 0 aromatic carbocycles. The van der Waals surface area contributed by atoms with Crippen LogP contribution in [0.25, 0.3) is 0 Å². The maximum Gasteiger partial charge on any atom is 0.411 e.